The van der Waals surface area contributed by atoms with Gasteiger partial charge in [-0.3, -0.25) is 0 Å². The summed E-state index contributed by atoms with van der Waals surface area (Å²) in [4.78, 5) is 15.4. The summed E-state index contributed by atoms with van der Waals surface area (Å²) in [6.07, 6.45) is 0. The molecule has 4 nitrogen and oxygen atoms in total. The lowest BCUT2D eigenvalue weighted by Gasteiger charge is -2.17. The van der Waals surface area contributed by atoms with Gasteiger partial charge in [-0.2, -0.15) is 0 Å². The monoisotopic (exact) mass is 574 g/mol. The molecule has 0 unspecified atom stereocenters. The van der Waals surface area contributed by atoms with Crippen molar-refractivity contribution in [2.45, 2.75) is 0 Å². The van der Waals surface area contributed by atoms with Crippen LogP contribution in [0.3, 0.4) is 0 Å². The lowest BCUT2D eigenvalue weighted by atomic mass is 10.0. The highest BCUT2D eigenvalue weighted by molar-refractivity contribution is 6.11. The van der Waals surface area contributed by atoms with Gasteiger partial charge in [-0.1, -0.05) is 133 Å². The second kappa shape index (κ2) is 10.2. The van der Waals surface area contributed by atoms with Crippen LogP contribution in [0.15, 0.2) is 158 Å². The maximum Gasteiger partial charge on any atom is 0.166 e. The van der Waals surface area contributed by atoms with Gasteiger partial charge in [-0.15, -0.1) is 0 Å². The molecule has 9 rings (SSSR count). The van der Waals surface area contributed by atoms with Gasteiger partial charge in [0.05, 0.1) is 16.7 Å². The van der Waals surface area contributed by atoms with Crippen LogP contribution >= 0.6 is 0 Å². The molecule has 0 aliphatic rings. The van der Waals surface area contributed by atoms with E-state index in [-0.39, 0.29) is 0 Å². The van der Waals surface area contributed by atoms with Gasteiger partial charge in [0.1, 0.15) is 0 Å². The van der Waals surface area contributed by atoms with E-state index in [1.807, 2.05) is 18.2 Å². The maximum atomic E-state index is 5.21. The maximum absolute atomic E-state index is 5.21. The Morgan fingerprint density at radius 3 is 1.62 bits per heavy atom. The summed E-state index contributed by atoms with van der Waals surface area (Å²) in [6, 6.07) is 55.1. The fourth-order valence-corrected chi connectivity index (χ4v) is 6.51. The van der Waals surface area contributed by atoms with Crippen molar-refractivity contribution in [3.63, 3.8) is 0 Å². The van der Waals surface area contributed by atoms with Crippen molar-refractivity contribution in [1.29, 1.82) is 0 Å². The van der Waals surface area contributed by atoms with E-state index in [2.05, 4.69) is 144 Å². The largest absolute Gasteiger partial charge is 0.308 e. The van der Waals surface area contributed by atoms with Gasteiger partial charge < -0.3 is 4.57 Å². The molecule has 2 aromatic heterocycles. The highest BCUT2D eigenvalue weighted by atomic mass is 15.1. The molecule has 0 fully saturated rings. The summed E-state index contributed by atoms with van der Waals surface area (Å²) < 4.78 is 2.38. The van der Waals surface area contributed by atoms with Crippen molar-refractivity contribution < 1.29 is 0 Å². The summed E-state index contributed by atoms with van der Waals surface area (Å²) in [5, 5.41) is 7.05. The van der Waals surface area contributed by atoms with Crippen LogP contribution < -0.4 is 0 Å². The van der Waals surface area contributed by atoms with Crippen LogP contribution in [0.25, 0.3) is 83.2 Å². The minimum atomic E-state index is 0.634. The number of hydrogen-bond donors (Lipinski definition) is 0. The Balaban J connectivity index is 1.38. The lowest BCUT2D eigenvalue weighted by molar-refractivity contribution is 1.07. The molecule has 2 heterocycles. The van der Waals surface area contributed by atoms with Crippen molar-refractivity contribution in [3.8, 4) is 39.9 Å². The molecule has 0 amide bonds. The zero-order valence-electron chi connectivity index (χ0n) is 24.3. The molecule has 9 aromatic rings. The Morgan fingerprint density at radius 1 is 0.356 bits per heavy atom. The second-order valence-electron chi connectivity index (χ2n) is 11.3. The van der Waals surface area contributed by atoms with E-state index in [1.165, 1.54) is 16.2 Å². The first-order valence-electron chi connectivity index (χ1n) is 15.1. The molecule has 0 N–H and O–H groups in total. The van der Waals surface area contributed by atoms with Crippen LogP contribution in [-0.4, -0.2) is 19.5 Å². The zero-order valence-corrected chi connectivity index (χ0v) is 24.3. The van der Waals surface area contributed by atoms with Crippen molar-refractivity contribution in [2.75, 3.05) is 0 Å². The minimum absolute atomic E-state index is 0.634. The van der Waals surface area contributed by atoms with Crippen molar-refractivity contribution in [1.82, 2.24) is 19.5 Å². The van der Waals surface area contributed by atoms with Crippen molar-refractivity contribution >= 4 is 43.4 Å². The Hall–Kier alpha value is -6.13. The number of para-hydroxylation sites is 2. The van der Waals surface area contributed by atoms with Crippen LogP contribution in [0.2, 0.25) is 0 Å². The van der Waals surface area contributed by atoms with Crippen molar-refractivity contribution in [3.05, 3.63) is 158 Å². The van der Waals surface area contributed by atoms with Crippen LogP contribution in [0.5, 0.6) is 0 Å². The topological polar surface area (TPSA) is 43.6 Å². The molecule has 0 saturated carbocycles. The first-order chi connectivity index (χ1) is 22.3. The van der Waals surface area contributed by atoms with Gasteiger partial charge in [0, 0.05) is 32.8 Å². The Labute approximate surface area is 259 Å². The molecule has 7 aromatic carbocycles. The summed E-state index contributed by atoms with van der Waals surface area (Å²) in [6.45, 7) is 0. The molecule has 210 valence electrons. The van der Waals surface area contributed by atoms with E-state index in [9.17, 15) is 0 Å². The fourth-order valence-electron chi connectivity index (χ4n) is 6.51. The van der Waals surface area contributed by atoms with Gasteiger partial charge in [0.2, 0.25) is 0 Å². The average Bonchev–Trinajstić information content (AvgIpc) is 3.45. The summed E-state index contributed by atoms with van der Waals surface area (Å²) >= 11 is 0. The third kappa shape index (κ3) is 4.19. The Kier molecular flexibility index (Phi) is 5.78. The number of benzene rings is 7. The molecular weight excluding hydrogens is 548 g/mol. The van der Waals surface area contributed by atoms with Gasteiger partial charge in [0.15, 0.2) is 17.5 Å². The van der Waals surface area contributed by atoms with E-state index >= 15 is 0 Å². The summed E-state index contributed by atoms with van der Waals surface area (Å²) in [5.41, 5.74) is 6.19. The quantitative estimate of drug-likeness (QED) is 0.210. The normalized spacial score (nSPS) is 11.6. The van der Waals surface area contributed by atoms with Crippen LogP contribution in [0.1, 0.15) is 0 Å². The zero-order chi connectivity index (χ0) is 29.7. The van der Waals surface area contributed by atoms with Gasteiger partial charge in [-0.05, 0) is 40.4 Å². The molecule has 0 atom stereocenters. The molecule has 0 aliphatic carbocycles. The minimum Gasteiger partial charge on any atom is -0.308 e. The molecule has 4 heteroatoms. The Morgan fingerprint density at radius 2 is 0.889 bits per heavy atom. The predicted molar refractivity (Wildman–Crippen MR) is 185 cm³/mol. The third-order valence-corrected chi connectivity index (χ3v) is 8.62. The molecule has 0 radical (unpaired) electrons. The predicted octanol–water partition coefficient (Wildman–Crippen LogP) is 10.3. The molecule has 0 saturated heterocycles. The Bertz CT molecular complexity index is 2490. The number of rotatable bonds is 4. The molecule has 0 spiro atoms. The molecule has 0 aliphatic heterocycles. The van der Waals surface area contributed by atoms with E-state index in [0.29, 0.717) is 17.5 Å². The SMILES string of the molecule is c1ccc(-c2nc(-c3ccc4ccccc4c3)nc(-c3ccc4ccccc4c3-n3c4ccccc4c4ccccc43)n2)cc1. The van der Waals surface area contributed by atoms with Crippen LogP contribution in [-0.2, 0) is 0 Å². The molecule has 0 bridgehead atoms. The first kappa shape index (κ1) is 25.4. The number of fused-ring (bicyclic) bond motifs is 5. The average molecular weight is 575 g/mol. The summed E-state index contributed by atoms with van der Waals surface area (Å²) in [5.74, 6) is 1.92. The van der Waals surface area contributed by atoms with Crippen LogP contribution in [0.4, 0.5) is 0 Å². The summed E-state index contributed by atoms with van der Waals surface area (Å²) in [7, 11) is 0. The smallest absolute Gasteiger partial charge is 0.166 e. The van der Waals surface area contributed by atoms with Crippen molar-refractivity contribution in [2.24, 2.45) is 0 Å². The first-order valence-corrected chi connectivity index (χ1v) is 15.1. The van der Waals surface area contributed by atoms with E-state index < -0.39 is 0 Å². The third-order valence-electron chi connectivity index (χ3n) is 8.62. The highest BCUT2D eigenvalue weighted by Crippen LogP contribution is 2.39. The van der Waals surface area contributed by atoms with Gasteiger partial charge in [0.25, 0.3) is 0 Å². The van der Waals surface area contributed by atoms with Gasteiger partial charge in [-0.25, -0.2) is 15.0 Å². The second-order valence-corrected chi connectivity index (χ2v) is 11.3. The number of hydrogen-bond acceptors (Lipinski definition) is 3. The van der Waals surface area contributed by atoms with Crippen LogP contribution in [0, 0.1) is 0 Å². The lowest BCUT2D eigenvalue weighted by Crippen LogP contribution is -2.04. The fraction of sp³-hybridized carbons (Fsp3) is 0. The van der Waals surface area contributed by atoms with E-state index in [1.54, 1.807) is 0 Å². The van der Waals surface area contributed by atoms with Gasteiger partial charge >= 0.3 is 0 Å². The molecule has 45 heavy (non-hydrogen) atoms. The number of aromatic nitrogens is 4. The highest BCUT2D eigenvalue weighted by Gasteiger charge is 2.21. The standard InChI is InChI=1S/C41H26N4/c1-2-14-29(15-3-1)39-42-40(31-23-22-27-12-4-5-16-30(27)26-31)44-41(43-39)35-25-24-28-13-6-7-17-32(28)38(35)45-36-20-10-8-18-33(36)34-19-9-11-21-37(34)45/h1-26H. The van der Waals surface area contributed by atoms with E-state index in [0.717, 1.165) is 49.6 Å². The van der Waals surface area contributed by atoms with E-state index in [4.69, 9.17) is 15.0 Å². The molecular formula is C41H26N4. The number of nitrogens with zero attached hydrogens (tertiary/aromatic N) is 4.